The van der Waals surface area contributed by atoms with E-state index in [0.29, 0.717) is 28.2 Å². The third kappa shape index (κ3) is 3.55. The number of aromatic nitrogens is 5. The van der Waals surface area contributed by atoms with E-state index in [2.05, 4.69) is 20.3 Å². The summed E-state index contributed by atoms with van der Waals surface area (Å²) in [7, 11) is 0. The Labute approximate surface area is 178 Å². The quantitative estimate of drug-likeness (QED) is 0.522. The van der Waals surface area contributed by atoms with Crippen LogP contribution < -0.4 is 16.6 Å². The molecule has 0 aliphatic carbocycles. The molecule has 0 unspecified atom stereocenters. The van der Waals surface area contributed by atoms with Crippen molar-refractivity contribution in [1.29, 1.82) is 5.26 Å². The number of hydrogen-bond donors (Lipinski definition) is 2. The molecule has 3 aromatic heterocycles. The van der Waals surface area contributed by atoms with E-state index in [1.807, 2.05) is 32.0 Å². The molecule has 9 heteroatoms. The lowest BCUT2D eigenvalue weighted by Gasteiger charge is -2.21. The molecule has 4 rings (SSSR count). The van der Waals surface area contributed by atoms with Crippen LogP contribution in [0, 0.1) is 25.2 Å². The van der Waals surface area contributed by atoms with E-state index < -0.39 is 6.04 Å². The van der Waals surface area contributed by atoms with Gasteiger partial charge in [0.05, 0.1) is 28.8 Å². The second-order valence-electron chi connectivity index (χ2n) is 7.15. The van der Waals surface area contributed by atoms with Crippen molar-refractivity contribution in [2.45, 2.75) is 26.8 Å². The maximum atomic E-state index is 13.5. The molecule has 0 bridgehead atoms. The molecule has 3 N–H and O–H groups in total. The summed E-state index contributed by atoms with van der Waals surface area (Å²) < 4.78 is 1.53. The van der Waals surface area contributed by atoms with Gasteiger partial charge in [0.2, 0.25) is 0 Å². The topological polar surface area (TPSA) is 135 Å². The highest BCUT2D eigenvalue weighted by atomic mass is 16.1. The van der Waals surface area contributed by atoms with Gasteiger partial charge in [-0.15, -0.1) is 0 Å². The number of rotatable bonds is 4. The van der Waals surface area contributed by atoms with E-state index in [4.69, 9.17) is 10.7 Å². The lowest BCUT2D eigenvalue weighted by atomic mass is 10.1. The molecule has 0 amide bonds. The fourth-order valence-corrected chi connectivity index (χ4v) is 3.52. The fraction of sp³-hybridized carbons (Fsp3) is 0.182. The third-order valence-electron chi connectivity index (χ3n) is 4.94. The van der Waals surface area contributed by atoms with Gasteiger partial charge in [-0.1, -0.05) is 12.1 Å². The molecule has 1 aromatic carbocycles. The van der Waals surface area contributed by atoms with E-state index in [9.17, 15) is 10.1 Å². The second-order valence-corrected chi connectivity index (χ2v) is 7.15. The van der Waals surface area contributed by atoms with Crippen molar-refractivity contribution in [3.05, 3.63) is 75.9 Å². The first-order valence-electron chi connectivity index (χ1n) is 9.64. The third-order valence-corrected chi connectivity index (χ3v) is 4.94. The van der Waals surface area contributed by atoms with Crippen molar-refractivity contribution in [3.63, 3.8) is 0 Å². The minimum absolute atomic E-state index is 0.0939. The number of nitrogens with zero attached hydrogens (tertiary/aromatic N) is 6. The van der Waals surface area contributed by atoms with E-state index in [1.165, 1.54) is 4.57 Å². The van der Waals surface area contributed by atoms with Crippen LogP contribution in [0.3, 0.4) is 0 Å². The molecule has 0 fully saturated rings. The maximum absolute atomic E-state index is 13.5. The van der Waals surface area contributed by atoms with Gasteiger partial charge in [0.25, 0.3) is 5.56 Å². The summed E-state index contributed by atoms with van der Waals surface area (Å²) in [6.45, 7) is 5.41. The Morgan fingerprint density at radius 2 is 1.97 bits per heavy atom. The van der Waals surface area contributed by atoms with Crippen LogP contribution in [0.1, 0.15) is 35.7 Å². The van der Waals surface area contributed by atoms with E-state index in [0.717, 1.165) is 5.56 Å². The standard InChI is InChI=1S/C22H20N8O/c1-12-6-4-8-17-18(12)22(31)30(15-7-5-9-25-11-15)21(29-17)13(2)26-20-16(10-23)19(24)27-14(3)28-20/h4-9,11,13H,1-3H3,(H3,24,26,27,28)/t13-/m0/s1. The molecule has 0 spiro atoms. The molecule has 0 saturated heterocycles. The molecule has 4 aromatic rings. The molecule has 31 heavy (non-hydrogen) atoms. The highest BCUT2D eigenvalue weighted by Gasteiger charge is 2.21. The summed E-state index contributed by atoms with van der Waals surface area (Å²) in [5.74, 6) is 1.26. The van der Waals surface area contributed by atoms with Gasteiger partial charge in [0.1, 0.15) is 29.1 Å². The van der Waals surface area contributed by atoms with Crippen LogP contribution in [0.5, 0.6) is 0 Å². The average molecular weight is 412 g/mol. The summed E-state index contributed by atoms with van der Waals surface area (Å²) in [6, 6.07) is 10.6. The van der Waals surface area contributed by atoms with Crippen LogP contribution in [0.4, 0.5) is 11.6 Å². The number of nitrogen functional groups attached to an aromatic ring is 1. The predicted octanol–water partition coefficient (Wildman–Crippen LogP) is 2.81. The molecule has 9 nitrogen and oxygen atoms in total. The number of hydrogen-bond acceptors (Lipinski definition) is 8. The normalized spacial score (nSPS) is 11.8. The Morgan fingerprint density at radius 3 is 2.68 bits per heavy atom. The first-order valence-corrected chi connectivity index (χ1v) is 9.64. The van der Waals surface area contributed by atoms with Gasteiger partial charge in [-0.05, 0) is 44.5 Å². The minimum atomic E-state index is -0.487. The number of nitrogens with two attached hydrogens (primary N) is 1. The second kappa shape index (κ2) is 7.84. The molecular weight excluding hydrogens is 392 g/mol. The smallest absolute Gasteiger partial charge is 0.266 e. The number of benzene rings is 1. The molecule has 0 radical (unpaired) electrons. The molecule has 0 aliphatic rings. The van der Waals surface area contributed by atoms with Crippen molar-refractivity contribution in [1.82, 2.24) is 24.5 Å². The van der Waals surface area contributed by atoms with Crippen molar-refractivity contribution >= 4 is 22.5 Å². The monoisotopic (exact) mass is 412 g/mol. The molecular formula is C22H20N8O. The zero-order chi connectivity index (χ0) is 22.1. The zero-order valence-corrected chi connectivity index (χ0v) is 17.3. The number of pyridine rings is 1. The SMILES string of the molecule is Cc1nc(N)c(C#N)c(N[C@@H](C)c2nc3cccc(C)c3c(=O)n2-c2cccnc2)n1. The van der Waals surface area contributed by atoms with Crippen molar-refractivity contribution in [3.8, 4) is 11.8 Å². The zero-order valence-electron chi connectivity index (χ0n) is 17.3. The van der Waals surface area contributed by atoms with Crippen LogP contribution in [0.25, 0.3) is 16.6 Å². The largest absolute Gasteiger partial charge is 0.382 e. The van der Waals surface area contributed by atoms with Gasteiger partial charge < -0.3 is 11.1 Å². The van der Waals surface area contributed by atoms with Gasteiger partial charge in [-0.2, -0.15) is 5.26 Å². The van der Waals surface area contributed by atoms with Crippen molar-refractivity contribution in [2.75, 3.05) is 11.1 Å². The average Bonchev–Trinajstić information content (AvgIpc) is 2.74. The van der Waals surface area contributed by atoms with Crippen LogP contribution >= 0.6 is 0 Å². The fourth-order valence-electron chi connectivity index (χ4n) is 3.52. The maximum Gasteiger partial charge on any atom is 0.266 e. The molecule has 3 heterocycles. The van der Waals surface area contributed by atoms with Gasteiger partial charge in [-0.25, -0.2) is 15.0 Å². The lowest BCUT2D eigenvalue weighted by Crippen LogP contribution is -2.28. The number of fused-ring (bicyclic) bond motifs is 1. The predicted molar refractivity (Wildman–Crippen MR) is 118 cm³/mol. The Kier molecular flexibility index (Phi) is 5.05. The van der Waals surface area contributed by atoms with E-state index in [-0.39, 0.29) is 22.8 Å². The Balaban J connectivity index is 1.94. The minimum Gasteiger partial charge on any atom is -0.382 e. The number of anilines is 2. The van der Waals surface area contributed by atoms with Crippen molar-refractivity contribution in [2.24, 2.45) is 0 Å². The van der Waals surface area contributed by atoms with Gasteiger partial charge in [0.15, 0.2) is 5.82 Å². The summed E-state index contributed by atoms with van der Waals surface area (Å²) in [5, 5.41) is 13.2. The summed E-state index contributed by atoms with van der Waals surface area (Å²) >= 11 is 0. The summed E-state index contributed by atoms with van der Waals surface area (Å²) in [4.78, 5) is 30.8. The van der Waals surface area contributed by atoms with Gasteiger partial charge in [0, 0.05) is 6.20 Å². The first kappa shape index (κ1) is 20.0. The number of nitrogens with one attached hydrogen (secondary N) is 1. The lowest BCUT2D eigenvalue weighted by molar-refractivity contribution is 0.728. The number of aryl methyl sites for hydroxylation is 2. The molecule has 0 saturated carbocycles. The van der Waals surface area contributed by atoms with Crippen LogP contribution in [0.2, 0.25) is 0 Å². The van der Waals surface area contributed by atoms with E-state index in [1.54, 1.807) is 37.5 Å². The molecule has 154 valence electrons. The van der Waals surface area contributed by atoms with Crippen LogP contribution in [-0.2, 0) is 0 Å². The van der Waals surface area contributed by atoms with Gasteiger partial charge in [-0.3, -0.25) is 14.3 Å². The molecule has 1 atom stereocenters. The van der Waals surface area contributed by atoms with Crippen LogP contribution in [0.15, 0.2) is 47.5 Å². The molecule has 0 aliphatic heterocycles. The Bertz CT molecular complexity index is 1390. The Morgan fingerprint density at radius 1 is 1.16 bits per heavy atom. The van der Waals surface area contributed by atoms with E-state index >= 15 is 0 Å². The highest BCUT2D eigenvalue weighted by molar-refractivity contribution is 5.81. The number of nitriles is 1. The van der Waals surface area contributed by atoms with Crippen molar-refractivity contribution < 1.29 is 0 Å². The Hall–Kier alpha value is -4.32. The van der Waals surface area contributed by atoms with Gasteiger partial charge >= 0.3 is 0 Å². The van der Waals surface area contributed by atoms with Crippen LogP contribution in [-0.4, -0.2) is 24.5 Å². The summed E-state index contributed by atoms with van der Waals surface area (Å²) in [6.07, 6.45) is 3.25. The first-order chi connectivity index (χ1) is 14.9. The highest BCUT2D eigenvalue weighted by Crippen LogP contribution is 2.25. The summed E-state index contributed by atoms with van der Waals surface area (Å²) in [5.41, 5.74) is 7.86.